The average Bonchev–Trinajstić information content (AvgIpc) is 1.94. The fourth-order valence-corrected chi connectivity index (χ4v) is 0.926. The van der Waals surface area contributed by atoms with Crippen LogP contribution in [-0.2, 0) is 0 Å². The summed E-state index contributed by atoms with van der Waals surface area (Å²) in [4.78, 5) is 0.286. The van der Waals surface area contributed by atoms with E-state index in [2.05, 4.69) is 19.2 Å². The zero-order chi connectivity index (χ0) is 8.43. The monoisotopic (exact) mass is 169 g/mol. The Balaban J connectivity index is 3.15. The van der Waals surface area contributed by atoms with Crippen LogP contribution in [0.4, 0.5) is 4.39 Å². The van der Waals surface area contributed by atoms with E-state index >= 15 is 0 Å². The summed E-state index contributed by atoms with van der Waals surface area (Å²) in [6.07, 6.45) is 0. The molecule has 0 bridgehead atoms. The van der Waals surface area contributed by atoms with Crippen LogP contribution in [0.25, 0.3) is 5.70 Å². The molecule has 58 valence electrons. The lowest BCUT2D eigenvalue weighted by Gasteiger charge is -2.00. The minimum atomic E-state index is -0.349. The minimum Gasteiger partial charge on any atom is -0.399 e. The molecule has 0 saturated heterocycles. The number of halogens is 1. The van der Waals surface area contributed by atoms with E-state index in [0.717, 1.165) is 0 Å². The van der Waals surface area contributed by atoms with Gasteiger partial charge in [0.05, 0.1) is 0 Å². The van der Waals surface area contributed by atoms with E-state index in [1.165, 1.54) is 6.07 Å². The Morgan fingerprint density at radius 3 is 2.64 bits per heavy atom. The van der Waals surface area contributed by atoms with Crippen molar-refractivity contribution in [3.8, 4) is 0 Å². The molecule has 0 heterocycles. The van der Waals surface area contributed by atoms with Crippen LogP contribution < -0.4 is 5.73 Å². The standard InChI is InChI=1S/C8H8FNS/c1-5(10)6-2-3-7(9)8(11)4-6/h2-4,11H,1,10H2. The summed E-state index contributed by atoms with van der Waals surface area (Å²) in [5, 5.41) is 0. The van der Waals surface area contributed by atoms with Crippen LogP contribution in [0.2, 0.25) is 0 Å². The van der Waals surface area contributed by atoms with Crippen molar-refractivity contribution in [1.29, 1.82) is 0 Å². The molecule has 0 fully saturated rings. The zero-order valence-corrected chi connectivity index (χ0v) is 6.74. The molecular formula is C8H8FNS. The van der Waals surface area contributed by atoms with Crippen LogP contribution in [0.15, 0.2) is 29.7 Å². The van der Waals surface area contributed by atoms with Crippen LogP contribution in [0.3, 0.4) is 0 Å². The van der Waals surface area contributed by atoms with Gasteiger partial charge in [0.15, 0.2) is 0 Å². The molecule has 0 aromatic heterocycles. The van der Waals surface area contributed by atoms with Gasteiger partial charge in [0, 0.05) is 10.6 Å². The van der Waals surface area contributed by atoms with Crippen LogP contribution in [0, 0.1) is 5.82 Å². The lowest BCUT2D eigenvalue weighted by Crippen LogP contribution is -1.94. The van der Waals surface area contributed by atoms with Crippen molar-refractivity contribution in [2.45, 2.75) is 4.90 Å². The van der Waals surface area contributed by atoms with Crippen LogP contribution in [-0.4, -0.2) is 0 Å². The van der Waals surface area contributed by atoms with Gasteiger partial charge in [-0.3, -0.25) is 0 Å². The summed E-state index contributed by atoms with van der Waals surface area (Å²) >= 11 is 3.89. The molecule has 0 aliphatic rings. The highest BCUT2D eigenvalue weighted by atomic mass is 32.1. The molecular weight excluding hydrogens is 161 g/mol. The molecule has 0 aliphatic heterocycles. The first-order valence-corrected chi connectivity index (χ1v) is 3.49. The first-order chi connectivity index (χ1) is 5.11. The molecule has 1 nitrogen and oxygen atoms in total. The number of benzene rings is 1. The molecule has 0 radical (unpaired) electrons. The van der Waals surface area contributed by atoms with Crippen LogP contribution in [0.5, 0.6) is 0 Å². The van der Waals surface area contributed by atoms with Gasteiger partial charge < -0.3 is 5.73 Å². The van der Waals surface area contributed by atoms with Gasteiger partial charge in [0.1, 0.15) is 5.82 Å². The first kappa shape index (κ1) is 8.14. The third-order valence-corrected chi connectivity index (χ3v) is 1.66. The van der Waals surface area contributed by atoms with E-state index < -0.39 is 0 Å². The van der Waals surface area contributed by atoms with Crippen molar-refractivity contribution >= 4 is 18.3 Å². The predicted molar refractivity (Wildman–Crippen MR) is 46.9 cm³/mol. The van der Waals surface area contributed by atoms with Gasteiger partial charge in [-0.25, -0.2) is 4.39 Å². The Kier molecular flexibility index (Phi) is 2.19. The summed E-state index contributed by atoms with van der Waals surface area (Å²) in [6, 6.07) is 4.42. The normalized spacial score (nSPS) is 9.64. The van der Waals surface area contributed by atoms with Gasteiger partial charge in [-0.15, -0.1) is 12.6 Å². The summed E-state index contributed by atoms with van der Waals surface area (Å²) in [5.41, 5.74) is 6.50. The van der Waals surface area contributed by atoms with Gasteiger partial charge in [-0.2, -0.15) is 0 Å². The Bertz CT molecular complexity index is 296. The fourth-order valence-electron chi connectivity index (χ4n) is 0.712. The highest BCUT2D eigenvalue weighted by molar-refractivity contribution is 7.80. The Labute approximate surface area is 70.1 Å². The van der Waals surface area contributed by atoms with Gasteiger partial charge in [0.25, 0.3) is 0 Å². The van der Waals surface area contributed by atoms with E-state index in [1.807, 2.05) is 0 Å². The molecule has 1 aromatic rings. The maximum absolute atomic E-state index is 12.6. The summed E-state index contributed by atoms with van der Waals surface area (Å²) in [7, 11) is 0. The topological polar surface area (TPSA) is 26.0 Å². The summed E-state index contributed by atoms with van der Waals surface area (Å²) < 4.78 is 12.6. The zero-order valence-electron chi connectivity index (χ0n) is 5.84. The lowest BCUT2D eigenvalue weighted by molar-refractivity contribution is 0.602. The van der Waals surface area contributed by atoms with Gasteiger partial charge in [0.2, 0.25) is 0 Å². The van der Waals surface area contributed by atoms with E-state index in [9.17, 15) is 4.39 Å². The minimum absolute atomic E-state index is 0.286. The van der Waals surface area contributed by atoms with E-state index in [4.69, 9.17) is 5.73 Å². The molecule has 0 saturated carbocycles. The molecule has 0 aliphatic carbocycles. The Morgan fingerprint density at radius 2 is 2.18 bits per heavy atom. The fraction of sp³-hybridized carbons (Fsp3) is 0. The van der Waals surface area contributed by atoms with Crippen molar-refractivity contribution in [2.24, 2.45) is 5.73 Å². The van der Waals surface area contributed by atoms with Gasteiger partial charge in [-0.05, 0) is 23.8 Å². The van der Waals surface area contributed by atoms with Crippen molar-refractivity contribution in [2.75, 3.05) is 0 Å². The summed E-state index contributed by atoms with van der Waals surface area (Å²) in [5.74, 6) is -0.349. The molecule has 1 aromatic carbocycles. The van der Waals surface area contributed by atoms with Crippen molar-refractivity contribution < 1.29 is 4.39 Å². The molecule has 0 unspecified atom stereocenters. The van der Waals surface area contributed by atoms with Crippen LogP contribution >= 0.6 is 12.6 Å². The van der Waals surface area contributed by atoms with E-state index in [0.29, 0.717) is 11.3 Å². The van der Waals surface area contributed by atoms with Crippen LogP contribution in [0.1, 0.15) is 5.56 Å². The number of hydrogen-bond donors (Lipinski definition) is 2. The third-order valence-electron chi connectivity index (χ3n) is 1.32. The quantitative estimate of drug-likeness (QED) is 0.618. The molecule has 0 atom stereocenters. The van der Waals surface area contributed by atoms with Crippen molar-refractivity contribution in [1.82, 2.24) is 0 Å². The Hall–Kier alpha value is -0.960. The number of thiol groups is 1. The molecule has 0 amide bonds. The Morgan fingerprint density at radius 1 is 1.55 bits per heavy atom. The van der Waals surface area contributed by atoms with Gasteiger partial charge in [-0.1, -0.05) is 6.58 Å². The molecule has 1 rings (SSSR count). The second-order valence-corrected chi connectivity index (χ2v) is 2.67. The first-order valence-electron chi connectivity index (χ1n) is 3.04. The van der Waals surface area contributed by atoms with E-state index in [-0.39, 0.29) is 10.7 Å². The third kappa shape index (κ3) is 1.74. The van der Waals surface area contributed by atoms with E-state index in [1.54, 1.807) is 12.1 Å². The maximum Gasteiger partial charge on any atom is 0.136 e. The van der Waals surface area contributed by atoms with Gasteiger partial charge >= 0.3 is 0 Å². The number of rotatable bonds is 1. The molecule has 2 N–H and O–H groups in total. The summed E-state index contributed by atoms with van der Waals surface area (Å²) in [6.45, 7) is 3.52. The molecule has 3 heteroatoms. The SMILES string of the molecule is C=C(N)c1ccc(F)c(S)c1. The number of nitrogens with two attached hydrogens (primary N) is 1. The smallest absolute Gasteiger partial charge is 0.136 e. The largest absolute Gasteiger partial charge is 0.399 e. The highest BCUT2D eigenvalue weighted by Crippen LogP contribution is 2.16. The maximum atomic E-state index is 12.6. The molecule has 0 spiro atoms. The number of hydrogen-bond acceptors (Lipinski definition) is 2. The highest BCUT2D eigenvalue weighted by Gasteiger charge is 1.99. The second kappa shape index (κ2) is 2.96. The average molecular weight is 169 g/mol. The molecule has 11 heavy (non-hydrogen) atoms. The van der Waals surface area contributed by atoms with Crippen molar-refractivity contribution in [3.05, 3.63) is 36.2 Å². The van der Waals surface area contributed by atoms with Crippen molar-refractivity contribution in [3.63, 3.8) is 0 Å². The lowest BCUT2D eigenvalue weighted by atomic mass is 10.2. The second-order valence-electron chi connectivity index (χ2n) is 2.19. The predicted octanol–water partition coefficient (Wildman–Crippen LogP) is 2.04.